The van der Waals surface area contributed by atoms with Gasteiger partial charge in [0.05, 0.1) is 6.42 Å². The van der Waals surface area contributed by atoms with Gasteiger partial charge >= 0.3 is 0 Å². The SMILES string of the molecule is CCCCC(CN)NC(=O)Cc1ccncc1. The van der Waals surface area contributed by atoms with Crippen LogP contribution in [0.15, 0.2) is 24.5 Å². The van der Waals surface area contributed by atoms with E-state index >= 15 is 0 Å². The van der Waals surface area contributed by atoms with E-state index in [1.165, 1.54) is 0 Å². The number of unbranched alkanes of at least 4 members (excludes halogenated alkanes) is 1. The number of hydrogen-bond donors (Lipinski definition) is 2. The Morgan fingerprint density at radius 3 is 2.76 bits per heavy atom. The number of nitrogens with two attached hydrogens (primary N) is 1. The fourth-order valence-corrected chi connectivity index (χ4v) is 1.66. The van der Waals surface area contributed by atoms with Crippen LogP contribution in [0.25, 0.3) is 0 Å². The number of nitrogens with one attached hydrogen (secondary N) is 1. The Morgan fingerprint density at radius 1 is 1.47 bits per heavy atom. The van der Waals surface area contributed by atoms with Crippen LogP contribution in [0, 0.1) is 0 Å². The van der Waals surface area contributed by atoms with Crippen LogP contribution >= 0.6 is 0 Å². The van der Waals surface area contributed by atoms with Gasteiger partial charge in [-0.3, -0.25) is 9.78 Å². The molecule has 0 saturated carbocycles. The van der Waals surface area contributed by atoms with Gasteiger partial charge in [0.25, 0.3) is 0 Å². The molecule has 0 spiro atoms. The topological polar surface area (TPSA) is 68.0 Å². The molecule has 1 aromatic heterocycles. The van der Waals surface area contributed by atoms with Gasteiger partial charge in [0.2, 0.25) is 5.91 Å². The number of hydrogen-bond acceptors (Lipinski definition) is 3. The molecule has 1 heterocycles. The van der Waals surface area contributed by atoms with Gasteiger partial charge in [0.1, 0.15) is 0 Å². The van der Waals surface area contributed by atoms with Crippen molar-refractivity contribution in [3.63, 3.8) is 0 Å². The minimum atomic E-state index is 0.0303. The van der Waals surface area contributed by atoms with Crippen molar-refractivity contribution in [1.82, 2.24) is 10.3 Å². The third-order valence-electron chi connectivity index (χ3n) is 2.67. The molecular formula is C13H21N3O. The number of nitrogens with zero attached hydrogens (tertiary/aromatic N) is 1. The summed E-state index contributed by atoms with van der Waals surface area (Å²) in [5.41, 5.74) is 6.61. The monoisotopic (exact) mass is 235 g/mol. The molecule has 1 atom stereocenters. The molecule has 0 saturated heterocycles. The average molecular weight is 235 g/mol. The summed E-state index contributed by atoms with van der Waals surface area (Å²) in [4.78, 5) is 15.7. The van der Waals surface area contributed by atoms with Crippen molar-refractivity contribution < 1.29 is 4.79 Å². The molecule has 0 bridgehead atoms. The quantitative estimate of drug-likeness (QED) is 0.747. The lowest BCUT2D eigenvalue weighted by Gasteiger charge is -2.16. The molecule has 4 heteroatoms. The number of amides is 1. The summed E-state index contributed by atoms with van der Waals surface area (Å²) in [5, 5.41) is 2.97. The summed E-state index contributed by atoms with van der Waals surface area (Å²) in [6, 6.07) is 3.80. The molecule has 0 aliphatic carbocycles. The van der Waals surface area contributed by atoms with Crippen LogP contribution in [0.4, 0.5) is 0 Å². The highest BCUT2D eigenvalue weighted by molar-refractivity contribution is 5.78. The predicted octanol–water partition coefficient (Wildman–Crippen LogP) is 1.26. The molecule has 4 nitrogen and oxygen atoms in total. The second kappa shape index (κ2) is 7.79. The lowest BCUT2D eigenvalue weighted by molar-refractivity contribution is -0.121. The molecule has 1 amide bonds. The van der Waals surface area contributed by atoms with E-state index in [-0.39, 0.29) is 11.9 Å². The van der Waals surface area contributed by atoms with E-state index in [1.807, 2.05) is 12.1 Å². The van der Waals surface area contributed by atoms with Crippen LogP contribution in [0.2, 0.25) is 0 Å². The zero-order valence-electron chi connectivity index (χ0n) is 10.4. The molecule has 1 rings (SSSR count). The summed E-state index contributed by atoms with van der Waals surface area (Å²) in [7, 11) is 0. The lowest BCUT2D eigenvalue weighted by Crippen LogP contribution is -2.40. The van der Waals surface area contributed by atoms with Gasteiger partial charge in [-0.2, -0.15) is 0 Å². The zero-order valence-corrected chi connectivity index (χ0v) is 10.4. The first-order chi connectivity index (χ1) is 8.26. The highest BCUT2D eigenvalue weighted by Crippen LogP contribution is 2.01. The summed E-state index contributed by atoms with van der Waals surface area (Å²) >= 11 is 0. The van der Waals surface area contributed by atoms with Crippen LogP contribution < -0.4 is 11.1 Å². The Bertz CT molecular complexity index is 327. The Balaban J connectivity index is 2.37. The number of pyridine rings is 1. The first-order valence-electron chi connectivity index (χ1n) is 6.14. The van der Waals surface area contributed by atoms with Crippen molar-refractivity contribution in [1.29, 1.82) is 0 Å². The van der Waals surface area contributed by atoms with Crippen LogP contribution in [0.5, 0.6) is 0 Å². The average Bonchev–Trinajstić information content (AvgIpc) is 2.35. The minimum Gasteiger partial charge on any atom is -0.352 e. The van der Waals surface area contributed by atoms with Gasteiger partial charge in [0.15, 0.2) is 0 Å². The van der Waals surface area contributed by atoms with Gasteiger partial charge in [-0.05, 0) is 24.1 Å². The van der Waals surface area contributed by atoms with E-state index in [0.717, 1.165) is 24.8 Å². The van der Waals surface area contributed by atoms with Gasteiger partial charge in [0, 0.05) is 25.0 Å². The number of carbonyl (C=O) groups excluding carboxylic acids is 1. The van der Waals surface area contributed by atoms with Gasteiger partial charge in [-0.1, -0.05) is 19.8 Å². The Hall–Kier alpha value is -1.42. The highest BCUT2D eigenvalue weighted by atomic mass is 16.1. The summed E-state index contributed by atoms with van der Waals surface area (Å²) in [5.74, 6) is 0.0303. The van der Waals surface area contributed by atoms with Crippen molar-refractivity contribution in [2.75, 3.05) is 6.54 Å². The smallest absolute Gasteiger partial charge is 0.224 e. The molecule has 94 valence electrons. The Kier molecular flexibility index (Phi) is 6.25. The Labute approximate surface area is 103 Å². The van der Waals surface area contributed by atoms with E-state index in [4.69, 9.17) is 5.73 Å². The van der Waals surface area contributed by atoms with Gasteiger partial charge in [-0.25, -0.2) is 0 Å². The van der Waals surface area contributed by atoms with Crippen molar-refractivity contribution in [3.8, 4) is 0 Å². The molecule has 0 fully saturated rings. The summed E-state index contributed by atoms with van der Waals surface area (Å²) in [6.45, 7) is 2.63. The first-order valence-corrected chi connectivity index (χ1v) is 6.14. The second-order valence-corrected chi connectivity index (χ2v) is 4.17. The minimum absolute atomic E-state index is 0.0303. The van der Waals surface area contributed by atoms with E-state index < -0.39 is 0 Å². The normalized spacial score (nSPS) is 12.1. The van der Waals surface area contributed by atoms with E-state index in [9.17, 15) is 4.79 Å². The molecule has 0 radical (unpaired) electrons. The summed E-state index contributed by atoms with van der Waals surface area (Å²) < 4.78 is 0. The molecule has 0 aliphatic rings. The fourth-order valence-electron chi connectivity index (χ4n) is 1.66. The van der Waals surface area contributed by atoms with Gasteiger partial charge in [-0.15, -0.1) is 0 Å². The largest absolute Gasteiger partial charge is 0.352 e. The number of rotatable bonds is 7. The second-order valence-electron chi connectivity index (χ2n) is 4.17. The standard InChI is InChI=1S/C13H21N3O/c1-2-3-4-12(10-14)16-13(17)9-11-5-7-15-8-6-11/h5-8,12H,2-4,9-10,14H2,1H3,(H,16,17). The molecular weight excluding hydrogens is 214 g/mol. The molecule has 1 unspecified atom stereocenters. The first kappa shape index (κ1) is 13.6. The molecule has 3 N–H and O–H groups in total. The maximum atomic E-state index is 11.8. The number of carbonyl (C=O) groups is 1. The molecule has 1 aromatic rings. The van der Waals surface area contributed by atoms with Crippen molar-refractivity contribution in [2.24, 2.45) is 5.73 Å². The van der Waals surface area contributed by atoms with E-state index in [0.29, 0.717) is 13.0 Å². The van der Waals surface area contributed by atoms with E-state index in [2.05, 4.69) is 17.2 Å². The maximum absolute atomic E-state index is 11.8. The van der Waals surface area contributed by atoms with Crippen LogP contribution in [0.1, 0.15) is 31.7 Å². The van der Waals surface area contributed by atoms with Crippen molar-refractivity contribution >= 4 is 5.91 Å². The van der Waals surface area contributed by atoms with Gasteiger partial charge < -0.3 is 11.1 Å². The lowest BCUT2D eigenvalue weighted by atomic mass is 10.1. The Morgan fingerprint density at radius 2 is 2.18 bits per heavy atom. The molecule has 0 aromatic carbocycles. The maximum Gasteiger partial charge on any atom is 0.224 e. The van der Waals surface area contributed by atoms with Crippen LogP contribution in [-0.2, 0) is 11.2 Å². The number of aromatic nitrogens is 1. The highest BCUT2D eigenvalue weighted by Gasteiger charge is 2.10. The van der Waals surface area contributed by atoms with E-state index in [1.54, 1.807) is 12.4 Å². The fraction of sp³-hybridized carbons (Fsp3) is 0.538. The van der Waals surface area contributed by atoms with Crippen molar-refractivity contribution in [2.45, 2.75) is 38.6 Å². The molecule has 0 aliphatic heterocycles. The third kappa shape index (κ3) is 5.45. The molecule has 17 heavy (non-hydrogen) atoms. The summed E-state index contributed by atoms with van der Waals surface area (Å²) in [6.07, 6.45) is 6.95. The van der Waals surface area contributed by atoms with Crippen LogP contribution in [0.3, 0.4) is 0 Å². The third-order valence-corrected chi connectivity index (χ3v) is 2.67. The van der Waals surface area contributed by atoms with Crippen LogP contribution in [-0.4, -0.2) is 23.5 Å². The van der Waals surface area contributed by atoms with Crippen molar-refractivity contribution in [3.05, 3.63) is 30.1 Å². The predicted molar refractivity (Wildman–Crippen MR) is 68.5 cm³/mol. The zero-order chi connectivity index (χ0) is 12.5.